The Hall–Kier alpha value is -2.58. The predicted octanol–water partition coefficient (Wildman–Crippen LogP) is 3.61. The van der Waals surface area contributed by atoms with Crippen molar-refractivity contribution in [1.82, 2.24) is 0 Å². The maximum absolute atomic E-state index is 13.3. The van der Waals surface area contributed by atoms with Crippen LogP contribution in [0.2, 0.25) is 5.02 Å². The minimum Gasteiger partial charge on any atom is -0.495 e. The zero-order valence-corrected chi connectivity index (χ0v) is 11.7. The van der Waals surface area contributed by atoms with Crippen LogP contribution in [0.3, 0.4) is 0 Å². The molecule has 0 aliphatic rings. The lowest BCUT2D eigenvalue weighted by atomic mass is 10.1. The number of hydrogen-bond donors (Lipinski definition) is 1. The van der Waals surface area contributed by atoms with Crippen molar-refractivity contribution < 1.29 is 13.9 Å². The van der Waals surface area contributed by atoms with Gasteiger partial charge in [-0.1, -0.05) is 17.7 Å². The van der Waals surface area contributed by atoms with Crippen LogP contribution in [0.4, 0.5) is 10.1 Å². The number of nitriles is 1. The second kappa shape index (κ2) is 6.25. The fourth-order valence-corrected chi connectivity index (χ4v) is 1.94. The number of methoxy groups -OCH3 is 1. The summed E-state index contributed by atoms with van der Waals surface area (Å²) in [5.41, 5.74) is 0.776. The molecule has 0 unspecified atom stereocenters. The molecule has 2 aromatic carbocycles. The first-order chi connectivity index (χ1) is 10.1. The van der Waals surface area contributed by atoms with Gasteiger partial charge in [0.05, 0.1) is 35.0 Å². The van der Waals surface area contributed by atoms with Crippen molar-refractivity contribution in [2.75, 3.05) is 12.4 Å². The van der Waals surface area contributed by atoms with Crippen LogP contribution in [0.1, 0.15) is 15.9 Å². The van der Waals surface area contributed by atoms with Gasteiger partial charge in [0, 0.05) is 6.07 Å². The zero-order valence-electron chi connectivity index (χ0n) is 11.0. The Morgan fingerprint density at radius 3 is 2.81 bits per heavy atom. The Morgan fingerprint density at radius 1 is 1.38 bits per heavy atom. The molecular weight excluding hydrogens is 295 g/mol. The lowest BCUT2D eigenvalue weighted by Crippen LogP contribution is -2.13. The molecule has 2 rings (SSSR count). The van der Waals surface area contributed by atoms with Crippen LogP contribution in [-0.2, 0) is 0 Å². The zero-order chi connectivity index (χ0) is 15.4. The Balaban J connectivity index is 2.32. The first-order valence-corrected chi connectivity index (χ1v) is 6.28. The van der Waals surface area contributed by atoms with Gasteiger partial charge in [-0.15, -0.1) is 0 Å². The van der Waals surface area contributed by atoms with Gasteiger partial charge in [-0.05, 0) is 24.3 Å². The molecule has 2 aromatic rings. The van der Waals surface area contributed by atoms with E-state index in [2.05, 4.69) is 5.32 Å². The second-order valence-electron chi connectivity index (χ2n) is 4.08. The molecule has 1 amide bonds. The summed E-state index contributed by atoms with van der Waals surface area (Å²) in [5.74, 6) is -0.909. The number of nitrogens with one attached hydrogen (secondary N) is 1. The first kappa shape index (κ1) is 14.8. The van der Waals surface area contributed by atoms with Crippen LogP contribution in [0, 0.1) is 17.1 Å². The summed E-state index contributed by atoms with van der Waals surface area (Å²) < 4.78 is 18.5. The monoisotopic (exact) mass is 304 g/mol. The van der Waals surface area contributed by atoms with Crippen LogP contribution in [0.15, 0.2) is 36.4 Å². The molecule has 0 saturated carbocycles. The molecule has 0 heterocycles. The van der Waals surface area contributed by atoms with Gasteiger partial charge in [0.1, 0.15) is 11.6 Å². The van der Waals surface area contributed by atoms with E-state index < -0.39 is 11.7 Å². The highest BCUT2D eigenvalue weighted by Crippen LogP contribution is 2.27. The number of carbonyl (C=O) groups is 1. The molecule has 6 heteroatoms. The molecule has 0 saturated heterocycles. The van der Waals surface area contributed by atoms with E-state index in [1.807, 2.05) is 6.07 Å². The van der Waals surface area contributed by atoms with E-state index >= 15 is 0 Å². The van der Waals surface area contributed by atoms with Gasteiger partial charge in [0.2, 0.25) is 0 Å². The third-order valence-electron chi connectivity index (χ3n) is 2.78. The highest BCUT2D eigenvalue weighted by atomic mass is 35.5. The van der Waals surface area contributed by atoms with E-state index in [1.54, 1.807) is 0 Å². The fraction of sp³-hybridized carbons (Fsp3) is 0.0667. The van der Waals surface area contributed by atoms with Crippen LogP contribution in [-0.4, -0.2) is 13.0 Å². The van der Waals surface area contributed by atoms with Gasteiger partial charge in [0.25, 0.3) is 5.91 Å². The van der Waals surface area contributed by atoms with Crippen molar-refractivity contribution in [1.29, 1.82) is 5.26 Å². The predicted molar refractivity (Wildman–Crippen MR) is 77.1 cm³/mol. The number of rotatable bonds is 3. The third-order valence-corrected chi connectivity index (χ3v) is 3.16. The van der Waals surface area contributed by atoms with E-state index in [0.29, 0.717) is 17.0 Å². The van der Waals surface area contributed by atoms with Crippen molar-refractivity contribution in [2.45, 2.75) is 0 Å². The number of benzene rings is 2. The van der Waals surface area contributed by atoms with E-state index in [9.17, 15) is 9.18 Å². The number of carbonyl (C=O) groups excluding carboxylic acids is 1. The molecule has 0 radical (unpaired) electrons. The largest absolute Gasteiger partial charge is 0.495 e. The van der Waals surface area contributed by atoms with Crippen molar-refractivity contribution in [2.24, 2.45) is 0 Å². The van der Waals surface area contributed by atoms with E-state index in [-0.39, 0.29) is 10.6 Å². The molecule has 0 aliphatic carbocycles. The number of ether oxygens (including phenoxy) is 1. The number of anilines is 1. The quantitative estimate of drug-likeness (QED) is 0.942. The molecule has 0 fully saturated rings. The molecule has 21 heavy (non-hydrogen) atoms. The van der Waals surface area contributed by atoms with Gasteiger partial charge >= 0.3 is 0 Å². The Morgan fingerprint density at radius 2 is 2.14 bits per heavy atom. The van der Waals surface area contributed by atoms with Gasteiger partial charge in [0.15, 0.2) is 0 Å². The smallest absolute Gasteiger partial charge is 0.257 e. The summed E-state index contributed by atoms with van der Waals surface area (Å²) in [5, 5.41) is 11.1. The molecule has 1 N–H and O–H groups in total. The average molecular weight is 305 g/mol. The lowest BCUT2D eigenvalue weighted by Gasteiger charge is -2.11. The van der Waals surface area contributed by atoms with Gasteiger partial charge in [-0.3, -0.25) is 4.79 Å². The minimum absolute atomic E-state index is 0.0167. The Bertz CT molecular complexity index is 741. The summed E-state index contributed by atoms with van der Waals surface area (Å²) in [6.07, 6.45) is 0. The molecule has 106 valence electrons. The lowest BCUT2D eigenvalue weighted by molar-refractivity contribution is 0.102. The summed E-state index contributed by atoms with van der Waals surface area (Å²) >= 11 is 5.77. The highest BCUT2D eigenvalue weighted by Gasteiger charge is 2.15. The van der Waals surface area contributed by atoms with Crippen molar-refractivity contribution in [3.8, 4) is 11.8 Å². The molecule has 0 aliphatic heterocycles. The normalized spacial score (nSPS) is 9.81. The first-order valence-electron chi connectivity index (χ1n) is 5.90. The van der Waals surface area contributed by atoms with Crippen LogP contribution >= 0.6 is 11.6 Å². The van der Waals surface area contributed by atoms with Crippen LogP contribution in [0.5, 0.6) is 5.75 Å². The molecule has 4 nitrogen and oxygen atoms in total. The minimum atomic E-state index is -0.670. The topological polar surface area (TPSA) is 62.1 Å². The summed E-state index contributed by atoms with van der Waals surface area (Å²) in [4.78, 5) is 12.1. The number of nitrogens with zero attached hydrogens (tertiary/aromatic N) is 1. The summed E-state index contributed by atoms with van der Waals surface area (Å²) in [7, 11) is 1.42. The Kier molecular flexibility index (Phi) is 4.41. The average Bonchev–Trinajstić information content (AvgIpc) is 2.50. The molecular formula is C15H10ClFN2O2. The van der Waals surface area contributed by atoms with Crippen LogP contribution in [0.25, 0.3) is 0 Å². The number of amides is 1. The van der Waals surface area contributed by atoms with Crippen molar-refractivity contribution in [3.05, 3.63) is 58.4 Å². The molecule has 0 aromatic heterocycles. The third kappa shape index (κ3) is 3.12. The van der Waals surface area contributed by atoms with Crippen LogP contribution < -0.4 is 10.1 Å². The number of halogens is 2. The molecule has 0 atom stereocenters. The molecule has 0 bridgehead atoms. The summed E-state index contributed by atoms with van der Waals surface area (Å²) in [6.45, 7) is 0. The fourth-order valence-electron chi connectivity index (χ4n) is 1.73. The van der Waals surface area contributed by atoms with E-state index in [4.69, 9.17) is 21.6 Å². The maximum atomic E-state index is 13.3. The van der Waals surface area contributed by atoms with E-state index in [0.717, 1.165) is 0 Å². The second-order valence-corrected chi connectivity index (χ2v) is 4.46. The Labute approximate surface area is 125 Å². The molecule has 0 spiro atoms. The van der Waals surface area contributed by atoms with Gasteiger partial charge in [-0.2, -0.15) is 5.26 Å². The SMILES string of the molecule is COc1cc(C#N)ccc1NC(=O)c1cccc(F)c1Cl. The van der Waals surface area contributed by atoms with Crippen molar-refractivity contribution >= 4 is 23.2 Å². The highest BCUT2D eigenvalue weighted by molar-refractivity contribution is 6.34. The summed E-state index contributed by atoms with van der Waals surface area (Å²) in [6, 6.07) is 10.5. The number of hydrogen-bond acceptors (Lipinski definition) is 3. The van der Waals surface area contributed by atoms with Gasteiger partial charge < -0.3 is 10.1 Å². The van der Waals surface area contributed by atoms with Crippen molar-refractivity contribution in [3.63, 3.8) is 0 Å². The van der Waals surface area contributed by atoms with Gasteiger partial charge in [-0.25, -0.2) is 4.39 Å². The standard InChI is InChI=1S/C15H10ClFN2O2/c1-21-13-7-9(8-18)5-6-12(13)19-15(20)10-3-2-4-11(17)14(10)16/h2-7H,1H3,(H,19,20). The maximum Gasteiger partial charge on any atom is 0.257 e. The van der Waals surface area contributed by atoms with E-state index in [1.165, 1.54) is 43.5 Å².